The number of thioether (sulfide) groups is 1. The number of hydrogen-bond acceptors (Lipinski definition) is 5. The predicted octanol–water partition coefficient (Wildman–Crippen LogP) is 1.96. The molecule has 19 heavy (non-hydrogen) atoms. The molecule has 0 aliphatic heterocycles. The zero-order chi connectivity index (χ0) is 14.1. The minimum absolute atomic E-state index is 0.0892. The topological polar surface area (TPSA) is 58.6 Å². The zero-order valence-electron chi connectivity index (χ0n) is 12.1. The van der Waals surface area contributed by atoms with Crippen LogP contribution in [0.3, 0.4) is 0 Å². The van der Waals surface area contributed by atoms with E-state index in [-0.39, 0.29) is 12.6 Å². The number of rotatable bonds is 9. The van der Waals surface area contributed by atoms with Crippen LogP contribution in [-0.2, 0) is 9.53 Å². The third-order valence-electron chi connectivity index (χ3n) is 3.50. The van der Waals surface area contributed by atoms with Crippen LogP contribution in [-0.4, -0.2) is 47.4 Å². The van der Waals surface area contributed by atoms with Crippen molar-refractivity contribution in [2.24, 2.45) is 0 Å². The standard InChI is InChI=1S/C14H27NO3S/c1-3-8-15-14(13(17)18-4-2)7-6-12(11-14)19-10-5-9-16/h12,15-16H,3-11H2,1-2H3. The van der Waals surface area contributed by atoms with Crippen molar-refractivity contribution in [2.75, 3.05) is 25.5 Å². The van der Waals surface area contributed by atoms with Crippen LogP contribution in [0, 0.1) is 0 Å². The zero-order valence-corrected chi connectivity index (χ0v) is 12.9. The Hall–Kier alpha value is -0.260. The summed E-state index contributed by atoms with van der Waals surface area (Å²) in [6, 6.07) is 0. The summed E-state index contributed by atoms with van der Waals surface area (Å²) in [5.74, 6) is 0.877. The van der Waals surface area contributed by atoms with Crippen LogP contribution in [0.15, 0.2) is 0 Å². The molecule has 1 aliphatic carbocycles. The highest BCUT2D eigenvalue weighted by Crippen LogP contribution is 2.38. The van der Waals surface area contributed by atoms with Gasteiger partial charge in [0.25, 0.3) is 0 Å². The van der Waals surface area contributed by atoms with E-state index in [4.69, 9.17) is 9.84 Å². The molecule has 112 valence electrons. The quantitative estimate of drug-likeness (QED) is 0.502. The molecule has 2 unspecified atom stereocenters. The summed E-state index contributed by atoms with van der Waals surface area (Å²) in [6.07, 6.45) is 4.61. The summed E-state index contributed by atoms with van der Waals surface area (Å²) in [7, 11) is 0. The van der Waals surface area contributed by atoms with E-state index in [1.165, 1.54) is 0 Å². The lowest BCUT2D eigenvalue weighted by Crippen LogP contribution is -2.51. The van der Waals surface area contributed by atoms with Gasteiger partial charge in [0.1, 0.15) is 5.54 Å². The molecule has 0 radical (unpaired) electrons. The Bertz CT molecular complexity index is 275. The predicted molar refractivity (Wildman–Crippen MR) is 79.5 cm³/mol. The van der Waals surface area contributed by atoms with E-state index in [1.807, 2.05) is 18.7 Å². The molecule has 1 fully saturated rings. The first kappa shape index (κ1) is 16.8. The smallest absolute Gasteiger partial charge is 0.326 e. The molecule has 0 aromatic carbocycles. The second-order valence-electron chi connectivity index (χ2n) is 5.04. The molecule has 4 nitrogen and oxygen atoms in total. The molecular formula is C14H27NO3S. The Labute approximate surface area is 120 Å². The number of nitrogens with one attached hydrogen (secondary N) is 1. The van der Waals surface area contributed by atoms with Crippen LogP contribution in [0.4, 0.5) is 0 Å². The minimum Gasteiger partial charge on any atom is -0.465 e. The molecule has 0 saturated heterocycles. The van der Waals surface area contributed by atoms with Crippen molar-refractivity contribution in [3.8, 4) is 0 Å². The number of carbonyl (C=O) groups excluding carboxylic acids is 1. The largest absolute Gasteiger partial charge is 0.465 e. The lowest BCUT2D eigenvalue weighted by Gasteiger charge is -2.28. The average Bonchev–Trinajstić information content (AvgIpc) is 2.82. The summed E-state index contributed by atoms with van der Waals surface area (Å²) < 4.78 is 5.25. The highest BCUT2D eigenvalue weighted by atomic mass is 32.2. The third-order valence-corrected chi connectivity index (χ3v) is 4.90. The third kappa shape index (κ3) is 4.97. The highest BCUT2D eigenvalue weighted by molar-refractivity contribution is 7.99. The second-order valence-corrected chi connectivity index (χ2v) is 6.45. The number of ether oxygens (including phenoxy) is 1. The van der Waals surface area contributed by atoms with Gasteiger partial charge < -0.3 is 15.2 Å². The van der Waals surface area contributed by atoms with E-state index in [9.17, 15) is 4.79 Å². The molecule has 0 aromatic rings. The van der Waals surface area contributed by atoms with Gasteiger partial charge in [-0.15, -0.1) is 0 Å². The summed E-state index contributed by atoms with van der Waals surface area (Å²) in [6.45, 7) is 5.50. The van der Waals surface area contributed by atoms with Gasteiger partial charge >= 0.3 is 5.97 Å². The Morgan fingerprint density at radius 1 is 1.53 bits per heavy atom. The summed E-state index contributed by atoms with van der Waals surface area (Å²) >= 11 is 1.87. The van der Waals surface area contributed by atoms with Gasteiger partial charge in [-0.2, -0.15) is 11.8 Å². The number of hydrogen-bond donors (Lipinski definition) is 2. The molecular weight excluding hydrogens is 262 g/mol. The monoisotopic (exact) mass is 289 g/mol. The Morgan fingerprint density at radius 3 is 2.95 bits per heavy atom. The number of aliphatic hydroxyl groups is 1. The molecule has 2 N–H and O–H groups in total. The molecule has 1 rings (SSSR count). The Balaban J connectivity index is 2.54. The van der Waals surface area contributed by atoms with E-state index in [1.54, 1.807) is 0 Å². The van der Waals surface area contributed by atoms with Gasteiger partial charge in [0.2, 0.25) is 0 Å². The first-order valence-electron chi connectivity index (χ1n) is 7.33. The fourth-order valence-corrected chi connectivity index (χ4v) is 3.82. The Kier molecular flexibility index (Phi) is 7.80. The van der Waals surface area contributed by atoms with Crippen LogP contribution >= 0.6 is 11.8 Å². The second kappa shape index (κ2) is 8.82. The lowest BCUT2D eigenvalue weighted by atomic mass is 9.97. The van der Waals surface area contributed by atoms with E-state index < -0.39 is 5.54 Å². The van der Waals surface area contributed by atoms with Crippen molar-refractivity contribution in [1.29, 1.82) is 0 Å². The average molecular weight is 289 g/mol. The highest BCUT2D eigenvalue weighted by Gasteiger charge is 2.46. The SMILES string of the molecule is CCCNC1(C(=O)OCC)CCC(SCCCO)C1. The van der Waals surface area contributed by atoms with Gasteiger partial charge in [0.15, 0.2) is 0 Å². The molecule has 0 heterocycles. The van der Waals surface area contributed by atoms with Crippen molar-refractivity contribution >= 4 is 17.7 Å². The molecule has 1 aliphatic rings. The van der Waals surface area contributed by atoms with Crippen LogP contribution in [0.1, 0.15) is 46.0 Å². The molecule has 0 bridgehead atoms. The summed E-state index contributed by atoms with van der Waals surface area (Å²) in [5, 5.41) is 12.7. The van der Waals surface area contributed by atoms with Crippen molar-refractivity contribution in [1.82, 2.24) is 5.32 Å². The summed E-state index contributed by atoms with van der Waals surface area (Å²) in [5.41, 5.74) is -0.469. The van der Waals surface area contributed by atoms with E-state index in [0.717, 1.165) is 44.4 Å². The van der Waals surface area contributed by atoms with Crippen LogP contribution in [0.25, 0.3) is 0 Å². The van der Waals surface area contributed by atoms with Crippen molar-refractivity contribution in [3.63, 3.8) is 0 Å². The first-order chi connectivity index (χ1) is 9.18. The van der Waals surface area contributed by atoms with Gasteiger partial charge in [-0.05, 0) is 51.3 Å². The van der Waals surface area contributed by atoms with Crippen molar-refractivity contribution in [2.45, 2.75) is 56.7 Å². The number of esters is 1. The molecule has 1 saturated carbocycles. The van der Waals surface area contributed by atoms with Gasteiger partial charge in [0.05, 0.1) is 6.61 Å². The fraction of sp³-hybridized carbons (Fsp3) is 0.929. The maximum Gasteiger partial charge on any atom is 0.326 e. The van der Waals surface area contributed by atoms with Gasteiger partial charge in [-0.25, -0.2) is 0 Å². The number of aliphatic hydroxyl groups excluding tert-OH is 1. The molecule has 0 amide bonds. The van der Waals surface area contributed by atoms with Gasteiger partial charge in [-0.1, -0.05) is 6.92 Å². The van der Waals surface area contributed by atoms with Crippen LogP contribution in [0.5, 0.6) is 0 Å². The van der Waals surface area contributed by atoms with Crippen LogP contribution < -0.4 is 5.32 Å². The molecule has 0 aromatic heterocycles. The Morgan fingerprint density at radius 2 is 2.32 bits per heavy atom. The van der Waals surface area contributed by atoms with Crippen molar-refractivity contribution < 1.29 is 14.6 Å². The molecule has 5 heteroatoms. The lowest BCUT2D eigenvalue weighted by molar-refractivity contribution is -0.151. The normalized spacial score (nSPS) is 26.6. The van der Waals surface area contributed by atoms with Crippen molar-refractivity contribution in [3.05, 3.63) is 0 Å². The first-order valence-corrected chi connectivity index (χ1v) is 8.38. The van der Waals surface area contributed by atoms with E-state index in [2.05, 4.69) is 12.2 Å². The molecule has 0 spiro atoms. The van der Waals surface area contributed by atoms with Gasteiger partial charge in [0, 0.05) is 11.9 Å². The van der Waals surface area contributed by atoms with E-state index >= 15 is 0 Å². The van der Waals surface area contributed by atoms with Gasteiger partial charge in [-0.3, -0.25) is 4.79 Å². The van der Waals surface area contributed by atoms with Crippen LogP contribution in [0.2, 0.25) is 0 Å². The maximum absolute atomic E-state index is 12.2. The number of carbonyl (C=O) groups is 1. The molecule has 2 atom stereocenters. The maximum atomic E-state index is 12.2. The minimum atomic E-state index is -0.469. The fourth-order valence-electron chi connectivity index (χ4n) is 2.51. The van der Waals surface area contributed by atoms with E-state index in [0.29, 0.717) is 11.9 Å². The summed E-state index contributed by atoms with van der Waals surface area (Å²) in [4.78, 5) is 12.2.